The molecule has 1 heterocycles. The number of carboxylic acid groups (broad SMARTS) is 1. The van der Waals surface area contributed by atoms with Gasteiger partial charge in [-0.15, -0.1) is 0 Å². The fourth-order valence-corrected chi connectivity index (χ4v) is 1.75. The monoisotopic (exact) mass is 238 g/mol. The van der Waals surface area contributed by atoms with E-state index in [4.69, 9.17) is 16.7 Å². The number of aliphatic carboxylic acids is 1. The van der Waals surface area contributed by atoms with Crippen molar-refractivity contribution in [1.29, 1.82) is 0 Å². The van der Waals surface area contributed by atoms with Crippen molar-refractivity contribution in [3.63, 3.8) is 0 Å². The highest BCUT2D eigenvalue weighted by atomic mass is 35.5. The lowest BCUT2D eigenvalue weighted by Gasteiger charge is -1.97. The van der Waals surface area contributed by atoms with Crippen LogP contribution in [0.1, 0.15) is 10.4 Å². The summed E-state index contributed by atoms with van der Waals surface area (Å²) in [5.74, 6) is -2.42. The van der Waals surface area contributed by atoms with Crippen LogP contribution < -0.4 is 0 Å². The van der Waals surface area contributed by atoms with Gasteiger partial charge in [-0.2, -0.15) is 5.10 Å². The van der Waals surface area contributed by atoms with Gasteiger partial charge in [0.1, 0.15) is 0 Å². The average Bonchev–Trinajstić information content (AvgIpc) is 2.53. The molecule has 0 atom stereocenters. The van der Waals surface area contributed by atoms with Crippen molar-refractivity contribution in [3.8, 4) is 0 Å². The second-order valence-corrected chi connectivity index (χ2v) is 3.64. The van der Waals surface area contributed by atoms with Crippen LogP contribution in [0.15, 0.2) is 18.2 Å². The molecule has 0 bridgehead atoms. The van der Waals surface area contributed by atoms with Crippen LogP contribution in [0.5, 0.6) is 0 Å². The van der Waals surface area contributed by atoms with Crippen LogP contribution in [0.25, 0.3) is 10.9 Å². The summed E-state index contributed by atoms with van der Waals surface area (Å²) in [4.78, 5) is 21.8. The van der Waals surface area contributed by atoms with E-state index in [1.165, 1.54) is 16.8 Å². The van der Waals surface area contributed by atoms with E-state index in [0.717, 1.165) is 0 Å². The van der Waals surface area contributed by atoms with Crippen LogP contribution in [0.4, 0.5) is 0 Å². The van der Waals surface area contributed by atoms with Crippen LogP contribution in [-0.4, -0.2) is 26.6 Å². The maximum atomic E-state index is 11.2. The number of carbonyl (C=O) groups is 2. The lowest BCUT2D eigenvalue weighted by atomic mass is 10.1. The summed E-state index contributed by atoms with van der Waals surface area (Å²) in [6, 6.07) is 4.47. The summed E-state index contributed by atoms with van der Waals surface area (Å²) in [7, 11) is 1.67. The van der Waals surface area contributed by atoms with Crippen LogP contribution in [0.2, 0.25) is 5.15 Å². The summed E-state index contributed by atoms with van der Waals surface area (Å²) < 4.78 is 1.50. The molecule has 0 saturated heterocycles. The summed E-state index contributed by atoms with van der Waals surface area (Å²) in [5.41, 5.74) is 0.733. The van der Waals surface area contributed by atoms with Crippen LogP contribution >= 0.6 is 11.6 Å². The van der Waals surface area contributed by atoms with E-state index in [0.29, 0.717) is 16.1 Å². The number of Topliss-reactive ketones (excluding diaryl/α,β-unsaturated/α-hetero) is 1. The first-order chi connectivity index (χ1) is 7.50. The number of carbonyl (C=O) groups excluding carboxylic acids is 1. The zero-order valence-electron chi connectivity index (χ0n) is 8.27. The molecule has 82 valence electrons. The zero-order valence-corrected chi connectivity index (χ0v) is 9.02. The Morgan fingerprint density at radius 3 is 2.75 bits per heavy atom. The van der Waals surface area contributed by atoms with Crippen molar-refractivity contribution >= 4 is 34.3 Å². The van der Waals surface area contributed by atoms with Crippen molar-refractivity contribution in [3.05, 3.63) is 28.9 Å². The van der Waals surface area contributed by atoms with E-state index in [1.54, 1.807) is 13.1 Å². The van der Waals surface area contributed by atoms with Crippen molar-refractivity contribution in [2.24, 2.45) is 7.05 Å². The Balaban J connectivity index is 2.64. The van der Waals surface area contributed by atoms with Gasteiger partial charge in [0.25, 0.3) is 5.78 Å². The van der Waals surface area contributed by atoms with Crippen LogP contribution in [-0.2, 0) is 11.8 Å². The summed E-state index contributed by atoms with van der Waals surface area (Å²) in [6.07, 6.45) is 0. The van der Waals surface area contributed by atoms with E-state index in [1.807, 2.05) is 0 Å². The van der Waals surface area contributed by atoms with Gasteiger partial charge in [-0.3, -0.25) is 9.48 Å². The van der Waals surface area contributed by atoms with Crippen molar-refractivity contribution in [2.75, 3.05) is 0 Å². The van der Waals surface area contributed by atoms with Crippen LogP contribution in [0.3, 0.4) is 0 Å². The SMILES string of the molecule is Cn1nc(Cl)c2ccc(C(=O)C(=O)O)cc21. The first kappa shape index (κ1) is 10.6. The van der Waals surface area contributed by atoms with Crippen molar-refractivity contribution in [1.82, 2.24) is 9.78 Å². The molecule has 0 amide bonds. The standard InChI is InChI=1S/C10H7ClN2O3/c1-13-7-4-5(8(14)10(15)16)2-3-6(7)9(11)12-13/h2-4H,1H3,(H,15,16). The minimum Gasteiger partial charge on any atom is -0.475 e. The molecule has 0 aliphatic rings. The topological polar surface area (TPSA) is 72.2 Å². The van der Waals surface area contributed by atoms with Gasteiger partial charge in [0, 0.05) is 18.0 Å². The summed E-state index contributed by atoms with van der Waals surface area (Å²) in [6.45, 7) is 0. The lowest BCUT2D eigenvalue weighted by Crippen LogP contribution is -2.12. The Bertz CT molecular complexity index is 603. The number of ketones is 1. The van der Waals surface area contributed by atoms with Gasteiger partial charge in [-0.05, 0) is 18.2 Å². The number of carboxylic acids is 1. The zero-order chi connectivity index (χ0) is 11.9. The number of fused-ring (bicyclic) bond motifs is 1. The van der Waals surface area contributed by atoms with E-state index >= 15 is 0 Å². The van der Waals surface area contributed by atoms with Crippen molar-refractivity contribution < 1.29 is 14.7 Å². The molecule has 0 saturated carbocycles. The van der Waals surface area contributed by atoms with Gasteiger partial charge in [0.15, 0.2) is 5.15 Å². The predicted molar refractivity (Wildman–Crippen MR) is 57.7 cm³/mol. The van der Waals surface area contributed by atoms with Gasteiger partial charge in [0.2, 0.25) is 0 Å². The number of hydrogen-bond donors (Lipinski definition) is 1. The number of halogens is 1. The maximum Gasteiger partial charge on any atom is 0.377 e. The first-order valence-corrected chi connectivity index (χ1v) is 4.78. The third kappa shape index (κ3) is 1.55. The maximum absolute atomic E-state index is 11.2. The van der Waals surface area contributed by atoms with Gasteiger partial charge < -0.3 is 5.11 Å². The number of rotatable bonds is 2. The Morgan fingerprint density at radius 1 is 1.44 bits per heavy atom. The molecule has 0 fully saturated rings. The quantitative estimate of drug-likeness (QED) is 0.636. The molecule has 1 N–H and O–H groups in total. The highest BCUT2D eigenvalue weighted by molar-refractivity contribution is 6.40. The number of benzene rings is 1. The van der Waals surface area contributed by atoms with E-state index in [-0.39, 0.29) is 5.56 Å². The fraction of sp³-hybridized carbons (Fsp3) is 0.100. The molecule has 6 heteroatoms. The predicted octanol–water partition coefficient (Wildman–Crippen LogP) is 1.49. The minimum absolute atomic E-state index is 0.111. The molecule has 2 rings (SSSR count). The number of nitrogens with zero attached hydrogens (tertiary/aromatic N) is 2. The summed E-state index contributed by atoms with van der Waals surface area (Å²) >= 11 is 5.84. The molecule has 0 aliphatic heterocycles. The molecule has 0 unspecified atom stereocenters. The Hall–Kier alpha value is -1.88. The largest absolute Gasteiger partial charge is 0.475 e. The van der Waals surface area contributed by atoms with Gasteiger partial charge in [-0.25, -0.2) is 4.79 Å². The second kappa shape index (κ2) is 3.61. The van der Waals surface area contributed by atoms with Gasteiger partial charge in [0.05, 0.1) is 5.52 Å². The minimum atomic E-state index is -1.48. The van der Waals surface area contributed by atoms with E-state index < -0.39 is 11.8 Å². The Labute approximate surface area is 95.2 Å². The smallest absolute Gasteiger partial charge is 0.377 e. The molecular formula is C10H7ClN2O3. The molecule has 2 aromatic rings. The van der Waals surface area contributed by atoms with Crippen LogP contribution in [0, 0.1) is 0 Å². The highest BCUT2D eigenvalue weighted by Gasteiger charge is 2.16. The van der Waals surface area contributed by atoms with Gasteiger partial charge in [-0.1, -0.05) is 11.6 Å². The molecule has 0 spiro atoms. The lowest BCUT2D eigenvalue weighted by molar-refractivity contribution is -0.131. The Kier molecular flexibility index (Phi) is 2.40. The highest BCUT2D eigenvalue weighted by Crippen LogP contribution is 2.23. The Morgan fingerprint density at radius 2 is 2.12 bits per heavy atom. The second-order valence-electron chi connectivity index (χ2n) is 3.28. The molecule has 5 nitrogen and oxygen atoms in total. The third-order valence-electron chi connectivity index (χ3n) is 2.26. The summed E-state index contributed by atoms with van der Waals surface area (Å²) in [5, 5.41) is 13.6. The first-order valence-electron chi connectivity index (χ1n) is 4.40. The number of aromatic nitrogens is 2. The number of aryl methyl sites for hydroxylation is 1. The van der Waals surface area contributed by atoms with E-state index in [9.17, 15) is 9.59 Å². The normalized spacial score (nSPS) is 10.6. The van der Waals surface area contributed by atoms with E-state index in [2.05, 4.69) is 5.10 Å². The average molecular weight is 239 g/mol. The molecule has 0 radical (unpaired) electrons. The fourth-order valence-electron chi connectivity index (χ4n) is 1.48. The number of hydrogen-bond acceptors (Lipinski definition) is 3. The molecule has 0 aliphatic carbocycles. The molecule has 1 aromatic carbocycles. The molecule has 1 aromatic heterocycles. The third-order valence-corrected chi connectivity index (χ3v) is 2.54. The van der Waals surface area contributed by atoms with Crippen molar-refractivity contribution in [2.45, 2.75) is 0 Å². The van der Waals surface area contributed by atoms with Gasteiger partial charge >= 0.3 is 5.97 Å². The molecular weight excluding hydrogens is 232 g/mol. The molecule has 16 heavy (non-hydrogen) atoms.